The third-order valence-electron chi connectivity index (χ3n) is 2.99. The zero-order valence-electron chi connectivity index (χ0n) is 11.6. The number of rotatable bonds is 5. The molecule has 0 aliphatic carbocycles. The molecule has 0 fully saturated rings. The number of aromatic nitrogens is 3. The van der Waals surface area contributed by atoms with Crippen LogP contribution in [0.2, 0.25) is 0 Å². The van der Waals surface area contributed by atoms with Crippen LogP contribution in [0.4, 0.5) is 0 Å². The number of carbonyl (C=O) groups is 1. The Labute approximate surface area is 126 Å². The summed E-state index contributed by atoms with van der Waals surface area (Å²) in [5.41, 5.74) is 1.08. The predicted molar refractivity (Wildman–Crippen MR) is 80.8 cm³/mol. The van der Waals surface area contributed by atoms with Crippen molar-refractivity contribution in [1.82, 2.24) is 20.1 Å². The smallest absolute Gasteiger partial charge is 0.233 e. The Morgan fingerprint density at radius 2 is 2.10 bits per heavy atom. The van der Waals surface area contributed by atoms with Crippen molar-refractivity contribution >= 4 is 29.0 Å². The van der Waals surface area contributed by atoms with Gasteiger partial charge in [0.05, 0.1) is 11.8 Å². The lowest BCUT2D eigenvalue weighted by atomic mass is 10.1. The number of nitrogens with zero attached hydrogens (tertiary/aromatic N) is 4. The monoisotopic (exact) mass is 308 g/mol. The molecule has 0 bridgehead atoms. The molecule has 5 nitrogen and oxygen atoms in total. The molecule has 0 saturated carbocycles. The second-order valence-corrected chi connectivity index (χ2v) is 6.74. The van der Waals surface area contributed by atoms with Gasteiger partial charge in [0.15, 0.2) is 4.34 Å². The minimum atomic E-state index is 0.0299. The van der Waals surface area contributed by atoms with Crippen LogP contribution in [0.1, 0.15) is 23.5 Å². The molecule has 0 saturated heterocycles. The molecule has 2 heterocycles. The van der Waals surface area contributed by atoms with Gasteiger partial charge in [-0.25, -0.2) is 0 Å². The summed E-state index contributed by atoms with van der Waals surface area (Å²) < 4.78 is 0.834. The van der Waals surface area contributed by atoms with E-state index in [2.05, 4.69) is 15.2 Å². The zero-order valence-corrected chi connectivity index (χ0v) is 13.2. The highest BCUT2D eigenvalue weighted by molar-refractivity contribution is 8.01. The molecule has 1 atom stereocenters. The third-order valence-corrected chi connectivity index (χ3v) is 4.95. The molecule has 2 aromatic heterocycles. The molecule has 2 aromatic rings. The topological polar surface area (TPSA) is 59.0 Å². The fraction of sp³-hybridized carbons (Fsp3) is 0.385. The minimum absolute atomic E-state index is 0.0299. The largest absolute Gasteiger partial charge is 0.338 e. The van der Waals surface area contributed by atoms with Crippen molar-refractivity contribution in [2.24, 2.45) is 0 Å². The summed E-state index contributed by atoms with van der Waals surface area (Å²) in [6.07, 6.45) is 3.48. The van der Waals surface area contributed by atoms with Gasteiger partial charge in [0.1, 0.15) is 5.01 Å². The van der Waals surface area contributed by atoms with E-state index in [1.54, 1.807) is 17.3 Å². The highest BCUT2D eigenvalue weighted by Gasteiger charge is 2.18. The van der Waals surface area contributed by atoms with Crippen LogP contribution in [0.15, 0.2) is 28.9 Å². The molecular formula is C13H16N4OS2. The summed E-state index contributed by atoms with van der Waals surface area (Å²) in [5.74, 6) is 0.452. The summed E-state index contributed by atoms with van der Waals surface area (Å²) in [7, 11) is 1.82. The average Bonchev–Trinajstić information content (AvgIpc) is 2.89. The van der Waals surface area contributed by atoms with E-state index in [4.69, 9.17) is 0 Å². The molecule has 2 rings (SSSR count). The number of thioether (sulfide) groups is 1. The number of hydrogen-bond donors (Lipinski definition) is 0. The van der Waals surface area contributed by atoms with Gasteiger partial charge in [-0.05, 0) is 31.5 Å². The molecule has 0 N–H and O–H groups in total. The quantitative estimate of drug-likeness (QED) is 0.795. The van der Waals surface area contributed by atoms with Crippen LogP contribution in [0.25, 0.3) is 0 Å². The van der Waals surface area contributed by atoms with Crippen LogP contribution < -0.4 is 0 Å². The second kappa shape index (κ2) is 6.81. The number of amides is 1. The molecule has 0 aliphatic heterocycles. The van der Waals surface area contributed by atoms with Crippen molar-refractivity contribution in [1.29, 1.82) is 0 Å². The second-order valence-electron chi connectivity index (χ2n) is 4.34. The highest BCUT2D eigenvalue weighted by Crippen LogP contribution is 2.24. The Balaban J connectivity index is 1.91. The van der Waals surface area contributed by atoms with Crippen molar-refractivity contribution < 1.29 is 4.79 Å². The number of carbonyl (C=O) groups excluding carboxylic acids is 1. The SMILES string of the molecule is Cc1nnc(SCC(=O)N(C)[C@@H](C)c2ccncc2)s1. The number of hydrogen-bond acceptors (Lipinski definition) is 6. The van der Waals surface area contributed by atoms with E-state index in [-0.39, 0.29) is 11.9 Å². The van der Waals surface area contributed by atoms with Crippen molar-refractivity contribution in [3.05, 3.63) is 35.1 Å². The van der Waals surface area contributed by atoms with Gasteiger partial charge in [0.2, 0.25) is 5.91 Å². The lowest BCUT2D eigenvalue weighted by molar-refractivity contribution is -0.128. The van der Waals surface area contributed by atoms with Crippen LogP contribution in [0.3, 0.4) is 0 Å². The van der Waals surface area contributed by atoms with Gasteiger partial charge in [0, 0.05) is 19.4 Å². The van der Waals surface area contributed by atoms with Gasteiger partial charge < -0.3 is 4.90 Å². The van der Waals surface area contributed by atoms with Gasteiger partial charge >= 0.3 is 0 Å². The summed E-state index contributed by atoms with van der Waals surface area (Å²) in [6.45, 7) is 3.91. The minimum Gasteiger partial charge on any atom is -0.338 e. The lowest BCUT2D eigenvalue weighted by Gasteiger charge is -2.25. The average molecular weight is 308 g/mol. The first-order chi connectivity index (χ1) is 9.58. The molecule has 1 amide bonds. The van der Waals surface area contributed by atoms with Gasteiger partial charge in [-0.3, -0.25) is 9.78 Å². The third kappa shape index (κ3) is 3.77. The van der Waals surface area contributed by atoms with E-state index < -0.39 is 0 Å². The van der Waals surface area contributed by atoms with Crippen molar-refractivity contribution in [2.75, 3.05) is 12.8 Å². The highest BCUT2D eigenvalue weighted by atomic mass is 32.2. The van der Waals surface area contributed by atoms with Crippen molar-refractivity contribution in [3.8, 4) is 0 Å². The Bertz CT molecular complexity index is 573. The molecular weight excluding hydrogens is 292 g/mol. The van der Waals surface area contributed by atoms with Crippen LogP contribution in [-0.2, 0) is 4.79 Å². The number of aryl methyl sites for hydroxylation is 1. The maximum atomic E-state index is 12.2. The normalized spacial score (nSPS) is 12.2. The summed E-state index contributed by atoms with van der Waals surface area (Å²) >= 11 is 2.94. The number of pyridine rings is 1. The Hall–Kier alpha value is -1.47. The first-order valence-electron chi connectivity index (χ1n) is 6.16. The van der Waals surface area contributed by atoms with Gasteiger partial charge in [0.25, 0.3) is 0 Å². The molecule has 0 aliphatic rings. The van der Waals surface area contributed by atoms with Gasteiger partial charge in [-0.15, -0.1) is 10.2 Å². The maximum Gasteiger partial charge on any atom is 0.233 e. The van der Waals surface area contributed by atoms with Crippen LogP contribution >= 0.6 is 23.1 Å². The van der Waals surface area contributed by atoms with Crippen molar-refractivity contribution in [3.63, 3.8) is 0 Å². The van der Waals surface area contributed by atoms with E-state index in [1.165, 1.54) is 23.1 Å². The molecule has 20 heavy (non-hydrogen) atoms. The Morgan fingerprint density at radius 1 is 1.40 bits per heavy atom. The zero-order chi connectivity index (χ0) is 14.5. The van der Waals surface area contributed by atoms with E-state index in [1.807, 2.05) is 33.0 Å². The molecule has 0 radical (unpaired) electrons. The van der Waals surface area contributed by atoms with Crippen LogP contribution in [0, 0.1) is 6.92 Å². The lowest BCUT2D eigenvalue weighted by Crippen LogP contribution is -2.31. The summed E-state index contributed by atoms with van der Waals surface area (Å²) in [6, 6.07) is 3.88. The van der Waals surface area contributed by atoms with Gasteiger partial charge in [-0.2, -0.15) is 0 Å². The molecule has 0 aromatic carbocycles. The summed E-state index contributed by atoms with van der Waals surface area (Å²) in [4.78, 5) is 17.9. The van der Waals surface area contributed by atoms with Crippen LogP contribution in [-0.4, -0.2) is 38.8 Å². The van der Waals surface area contributed by atoms with E-state index in [0.29, 0.717) is 5.75 Å². The van der Waals surface area contributed by atoms with Crippen molar-refractivity contribution in [2.45, 2.75) is 24.2 Å². The fourth-order valence-electron chi connectivity index (χ4n) is 1.64. The Morgan fingerprint density at radius 3 is 2.70 bits per heavy atom. The maximum absolute atomic E-state index is 12.2. The first kappa shape index (κ1) is 14.9. The van der Waals surface area contributed by atoms with E-state index in [0.717, 1.165) is 14.9 Å². The fourth-order valence-corrected chi connectivity index (χ4v) is 3.38. The van der Waals surface area contributed by atoms with Gasteiger partial charge in [-0.1, -0.05) is 23.1 Å². The molecule has 0 spiro atoms. The Kier molecular flexibility index (Phi) is 5.08. The molecule has 0 unspecified atom stereocenters. The molecule has 7 heteroatoms. The van der Waals surface area contributed by atoms with Crippen LogP contribution in [0.5, 0.6) is 0 Å². The van der Waals surface area contributed by atoms with E-state index >= 15 is 0 Å². The first-order valence-corrected chi connectivity index (χ1v) is 7.96. The molecule has 106 valence electrons. The van der Waals surface area contributed by atoms with E-state index in [9.17, 15) is 4.79 Å². The standard InChI is InChI=1S/C13H16N4OS2/c1-9(11-4-6-14-7-5-11)17(3)12(18)8-19-13-16-15-10(2)20-13/h4-7,9H,8H2,1-3H3/t9-/m0/s1. The summed E-state index contributed by atoms with van der Waals surface area (Å²) in [5, 5.41) is 8.86. The predicted octanol–water partition coefficient (Wildman–Crippen LogP) is 2.55.